The average Bonchev–Trinajstić information content (AvgIpc) is 2.69. The van der Waals surface area contributed by atoms with Crippen LogP contribution in [0.5, 0.6) is 17.2 Å². The molecule has 1 atom stereocenters. The molecule has 0 saturated carbocycles. The zero-order valence-corrected chi connectivity index (χ0v) is 15.8. The van der Waals surface area contributed by atoms with Crippen molar-refractivity contribution in [1.82, 2.24) is 5.32 Å². The summed E-state index contributed by atoms with van der Waals surface area (Å²) >= 11 is 1.75. The summed E-state index contributed by atoms with van der Waals surface area (Å²) in [5, 5.41) is 3.32. The lowest BCUT2D eigenvalue weighted by Crippen LogP contribution is -2.34. The fraction of sp³-hybridized carbons (Fsp3) is 0.350. The van der Waals surface area contributed by atoms with E-state index in [0.717, 1.165) is 16.2 Å². The van der Waals surface area contributed by atoms with Gasteiger partial charge in [0, 0.05) is 35.2 Å². The van der Waals surface area contributed by atoms with Crippen molar-refractivity contribution in [2.24, 2.45) is 5.92 Å². The minimum Gasteiger partial charge on any atom is -0.493 e. The Kier molecular flexibility index (Phi) is 6.41. The van der Waals surface area contributed by atoms with Crippen molar-refractivity contribution in [2.45, 2.75) is 4.90 Å². The second-order valence-corrected chi connectivity index (χ2v) is 6.97. The number of benzene rings is 2. The maximum Gasteiger partial charge on any atom is 0.203 e. The van der Waals surface area contributed by atoms with Crippen LogP contribution in [0.15, 0.2) is 47.4 Å². The van der Waals surface area contributed by atoms with Crippen molar-refractivity contribution in [1.29, 1.82) is 0 Å². The Morgan fingerprint density at radius 2 is 1.81 bits per heavy atom. The maximum atomic E-state index is 12.6. The molecule has 0 aromatic heterocycles. The highest BCUT2D eigenvalue weighted by Crippen LogP contribution is 2.36. The molecule has 0 unspecified atom stereocenters. The Balaban J connectivity index is 1.48. The highest BCUT2D eigenvalue weighted by Gasteiger charge is 2.27. The highest BCUT2D eigenvalue weighted by molar-refractivity contribution is 7.99. The van der Waals surface area contributed by atoms with Crippen LogP contribution in [0.3, 0.4) is 0 Å². The van der Waals surface area contributed by atoms with E-state index in [4.69, 9.17) is 14.2 Å². The van der Waals surface area contributed by atoms with Gasteiger partial charge in [-0.1, -0.05) is 24.3 Å². The smallest absolute Gasteiger partial charge is 0.203 e. The first-order valence-electron chi connectivity index (χ1n) is 8.55. The van der Waals surface area contributed by atoms with Crippen molar-refractivity contribution in [2.75, 3.05) is 39.7 Å². The summed E-state index contributed by atoms with van der Waals surface area (Å²) in [6.07, 6.45) is 0. The first kappa shape index (κ1) is 18.6. The molecule has 0 spiro atoms. The molecule has 138 valence electrons. The fourth-order valence-corrected chi connectivity index (χ4v) is 4.04. The van der Waals surface area contributed by atoms with Crippen molar-refractivity contribution < 1.29 is 19.0 Å². The number of carbonyl (C=O) groups is 1. The molecule has 0 bridgehead atoms. The third-order valence-electron chi connectivity index (χ3n) is 4.26. The van der Waals surface area contributed by atoms with Crippen LogP contribution in [0.4, 0.5) is 0 Å². The SMILES string of the molecule is COc1cccc(OC)c1OCCNC[C@@H]1CSc2ccccc2C1=O. The normalized spacial score (nSPS) is 16.1. The number of para-hydroxylation sites is 1. The number of methoxy groups -OCH3 is 2. The molecule has 0 saturated heterocycles. The lowest BCUT2D eigenvalue weighted by Gasteiger charge is -2.23. The standard InChI is InChI=1S/C20H23NO4S/c1-23-16-7-5-8-17(24-2)20(16)25-11-10-21-12-14-13-26-18-9-4-3-6-15(18)19(14)22/h3-9,14,21H,10-13H2,1-2H3/t14-/m1/s1. The van der Waals surface area contributed by atoms with Gasteiger partial charge in [0.15, 0.2) is 17.3 Å². The molecular formula is C20H23NO4S. The molecule has 2 aromatic carbocycles. The first-order valence-corrected chi connectivity index (χ1v) is 9.53. The number of thioether (sulfide) groups is 1. The molecule has 1 N–H and O–H groups in total. The number of carbonyl (C=O) groups excluding carboxylic acids is 1. The van der Waals surface area contributed by atoms with Crippen molar-refractivity contribution in [3.63, 3.8) is 0 Å². The molecule has 0 amide bonds. The summed E-state index contributed by atoms with van der Waals surface area (Å²) in [7, 11) is 3.20. The number of rotatable bonds is 8. The van der Waals surface area contributed by atoms with E-state index in [0.29, 0.717) is 36.9 Å². The van der Waals surface area contributed by atoms with Gasteiger partial charge in [-0.2, -0.15) is 0 Å². The van der Waals surface area contributed by atoms with E-state index < -0.39 is 0 Å². The minimum atomic E-state index is -0.00398. The molecule has 1 aliphatic rings. The quantitative estimate of drug-likeness (QED) is 0.717. The van der Waals surface area contributed by atoms with Gasteiger partial charge >= 0.3 is 0 Å². The third kappa shape index (κ3) is 4.14. The Morgan fingerprint density at radius 3 is 2.54 bits per heavy atom. The van der Waals surface area contributed by atoms with Crippen molar-refractivity contribution in [3.05, 3.63) is 48.0 Å². The van der Waals surface area contributed by atoms with E-state index in [1.165, 1.54) is 0 Å². The first-order chi connectivity index (χ1) is 12.7. The summed E-state index contributed by atoms with van der Waals surface area (Å²) in [5.41, 5.74) is 0.838. The van der Waals surface area contributed by atoms with E-state index in [1.54, 1.807) is 26.0 Å². The van der Waals surface area contributed by atoms with Gasteiger partial charge in [-0.25, -0.2) is 0 Å². The lowest BCUT2D eigenvalue weighted by atomic mass is 9.98. The van der Waals surface area contributed by atoms with Crippen LogP contribution in [-0.4, -0.2) is 45.5 Å². The maximum absolute atomic E-state index is 12.6. The Morgan fingerprint density at radius 1 is 1.08 bits per heavy atom. The van der Waals surface area contributed by atoms with Gasteiger partial charge in [0.1, 0.15) is 6.61 Å². The summed E-state index contributed by atoms with van der Waals surface area (Å²) in [6, 6.07) is 13.3. The molecule has 1 aliphatic heterocycles. The number of ketones is 1. The average molecular weight is 373 g/mol. The van der Waals surface area contributed by atoms with Crippen molar-refractivity contribution >= 4 is 17.5 Å². The van der Waals surface area contributed by atoms with Crippen molar-refractivity contribution in [3.8, 4) is 17.2 Å². The topological polar surface area (TPSA) is 56.8 Å². The number of nitrogens with one attached hydrogen (secondary N) is 1. The number of fused-ring (bicyclic) bond motifs is 1. The largest absolute Gasteiger partial charge is 0.493 e. The van der Waals surface area contributed by atoms with Crippen LogP contribution in [0.25, 0.3) is 0 Å². The van der Waals surface area contributed by atoms with Crippen LogP contribution >= 0.6 is 11.8 Å². The van der Waals surface area contributed by atoms with Crippen LogP contribution in [0, 0.1) is 5.92 Å². The monoisotopic (exact) mass is 373 g/mol. The molecule has 6 heteroatoms. The van der Waals surface area contributed by atoms with E-state index in [9.17, 15) is 4.79 Å². The van der Waals surface area contributed by atoms with Gasteiger partial charge < -0.3 is 19.5 Å². The molecular weight excluding hydrogens is 350 g/mol. The Labute approximate surface area is 158 Å². The summed E-state index contributed by atoms with van der Waals surface area (Å²) in [4.78, 5) is 13.6. The molecule has 2 aromatic rings. The van der Waals surface area contributed by atoms with Gasteiger partial charge in [0.2, 0.25) is 5.75 Å². The van der Waals surface area contributed by atoms with Gasteiger partial charge in [-0.15, -0.1) is 11.8 Å². The van der Waals surface area contributed by atoms with Crippen LogP contribution < -0.4 is 19.5 Å². The third-order valence-corrected chi connectivity index (χ3v) is 5.50. The van der Waals surface area contributed by atoms with Crippen LogP contribution in [0.2, 0.25) is 0 Å². The summed E-state index contributed by atoms with van der Waals surface area (Å²) in [6.45, 7) is 1.74. The fourth-order valence-electron chi connectivity index (χ4n) is 2.89. The van der Waals surface area contributed by atoms with Crippen LogP contribution in [-0.2, 0) is 0 Å². The molecule has 1 heterocycles. The number of hydrogen-bond acceptors (Lipinski definition) is 6. The zero-order valence-electron chi connectivity index (χ0n) is 15.0. The van der Waals surface area contributed by atoms with E-state index >= 15 is 0 Å². The van der Waals surface area contributed by atoms with Gasteiger partial charge in [-0.05, 0) is 18.2 Å². The molecule has 0 aliphatic carbocycles. The molecule has 0 radical (unpaired) electrons. The van der Waals surface area contributed by atoms with Gasteiger partial charge in [0.25, 0.3) is 0 Å². The second kappa shape index (κ2) is 8.96. The highest BCUT2D eigenvalue weighted by atomic mass is 32.2. The number of hydrogen-bond donors (Lipinski definition) is 1. The molecule has 5 nitrogen and oxygen atoms in total. The molecule has 26 heavy (non-hydrogen) atoms. The summed E-state index contributed by atoms with van der Waals surface area (Å²) in [5.74, 6) is 2.90. The number of ether oxygens (including phenoxy) is 3. The van der Waals surface area contributed by atoms with E-state index in [1.807, 2.05) is 42.5 Å². The molecule has 3 rings (SSSR count). The zero-order chi connectivity index (χ0) is 18.4. The van der Waals surface area contributed by atoms with E-state index in [-0.39, 0.29) is 11.7 Å². The molecule has 0 fully saturated rings. The number of Topliss-reactive ketones (excluding diaryl/α,β-unsaturated/α-hetero) is 1. The second-order valence-electron chi connectivity index (χ2n) is 5.91. The van der Waals surface area contributed by atoms with E-state index in [2.05, 4.69) is 5.32 Å². The minimum absolute atomic E-state index is 0.00398. The van der Waals surface area contributed by atoms with Crippen LogP contribution in [0.1, 0.15) is 10.4 Å². The van der Waals surface area contributed by atoms with Gasteiger partial charge in [0.05, 0.1) is 14.2 Å². The Bertz CT molecular complexity index is 743. The Hall–Kier alpha value is -2.18. The van der Waals surface area contributed by atoms with Gasteiger partial charge in [-0.3, -0.25) is 4.79 Å². The predicted molar refractivity (Wildman–Crippen MR) is 103 cm³/mol. The summed E-state index contributed by atoms with van der Waals surface area (Å²) < 4.78 is 16.4. The predicted octanol–water partition coefficient (Wildman–Crippen LogP) is 3.28. The lowest BCUT2D eigenvalue weighted by molar-refractivity contribution is 0.0925.